The molecule has 2 rings (SSSR count). The van der Waals surface area contributed by atoms with Crippen LogP contribution in [0.1, 0.15) is 17.0 Å². The number of hydrogen-bond donors (Lipinski definition) is 2. The van der Waals surface area contributed by atoms with Crippen molar-refractivity contribution in [3.8, 4) is 0 Å². The summed E-state index contributed by atoms with van der Waals surface area (Å²) in [6, 6.07) is -1.01. The molecule has 0 aliphatic rings. The number of ether oxygens (including phenoxy) is 1. The summed E-state index contributed by atoms with van der Waals surface area (Å²) in [5.74, 6) is -0.974. The maximum Gasteiger partial charge on any atom is 0.318 e. The summed E-state index contributed by atoms with van der Waals surface area (Å²) in [7, 11) is 0. The first-order valence-corrected chi connectivity index (χ1v) is 8.06. The van der Waals surface area contributed by atoms with Crippen LogP contribution >= 0.6 is 11.8 Å². The van der Waals surface area contributed by atoms with E-state index in [1.807, 2.05) is 6.26 Å². The van der Waals surface area contributed by atoms with E-state index >= 15 is 0 Å². The maximum absolute atomic E-state index is 11.9. The third-order valence-corrected chi connectivity index (χ3v) is 3.70. The zero-order chi connectivity index (χ0) is 17.9. The van der Waals surface area contributed by atoms with Crippen LogP contribution in [-0.4, -0.2) is 50.4 Å². The first-order valence-electron chi connectivity index (χ1n) is 6.83. The lowest BCUT2D eigenvalue weighted by molar-refractivity contribution is -0.147. The molecule has 0 atom stereocenters. The van der Waals surface area contributed by atoms with Gasteiger partial charge in [0.25, 0.3) is 11.7 Å². The SMILES string of the molecule is CSc1nc2nc(C)c(CC(=O)OCC(=O)NC(N)=O)c(C)n2n1. The third-order valence-electron chi connectivity index (χ3n) is 3.16. The van der Waals surface area contributed by atoms with E-state index in [1.54, 1.807) is 23.7 Å². The van der Waals surface area contributed by atoms with Crippen LogP contribution in [0.5, 0.6) is 0 Å². The molecular weight excluding hydrogens is 336 g/mol. The number of esters is 1. The number of aryl methyl sites for hydroxylation is 2. The Morgan fingerprint density at radius 2 is 2.00 bits per heavy atom. The number of thioether (sulfide) groups is 1. The fraction of sp³-hybridized carbons (Fsp3) is 0.385. The van der Waals surface area contributed by atoms with Gasteiger partial charge in [-0.3, -0.25) is 14.9 Å². The number of carbonyl (C=O) groups excluding carboxylic acids is 3. The zero-order valence-electron chi connectivity index (χ0n) is 13.3. The van der Waals surface area contributed by atoms with E-state index in [0.29, 0.717) is 27.9 Å². The minimum atomic E-state index is -1.01. The summed E-state index contributed by atoms with van der Waals surface area (Å²) in [6.45, 7) is 2.96. The van der Waals surface area contributed by atoms with Crippen molar-refractivity contribution in [3.05, 3.63) is 17.0 Å². The summed E-state index contributed by atoms with van der Waals surface area (Å²) in [4.78, 5) is 42.2. The first-order chi connectivity index (χ1) is 11.3. The number of carbonyl (C=O) groups is 3. The second-order valence-electron chi connectivity index (χ2n) is 4.82. The maximum atomic E-state index is 11.9. The Morgan fingerprint density at radius 3 is 2.62 bits per heavy atom. The van der Waals surface area contributed by atoms with Gasteiger partial charge in [0.05, 0.1) is 6.42 Å². The van der Waals surface area contributed by atoms with Crippen LogP contribution in [0.2, 0.25) is 0 Å². The number of imide groups is 1. The van der Waals surface area contributed by atoms with Gasteiger partial charge in [-0.2, -0.15) is 4.98 Å². The van der Waals surface area contributed by atoms with E-state index in [9.17, 15) is 14.4 Å². The number of urea groups is 1. The van der Waals surface area contributed by atoms with Gasteiger partial charge in [-0.15, -0.1) is 5.10 Å². The molecule has 24 heavy (non-hydrogen) atoms. The molecule has 11 heteroatoms. The van der Waals surface area contributed by atoms with E-state index in [4.69, 9.17) is 10.5 Å². The largest absolute Gasteiger partial charge is 0.455 e. The van der Waals surface area contributed by atoms with Crippen LogP contribution in [0.15, 0.2) is 5.16 Å². The fourth-order valence-electron chi connectivity index (χ4n) is 2.05. The number of nitrogens with two attached hydrogens (primary N) is 1. The van der Waals surface area contributed by atoms with E-state index in [0.717, 1.165) is 0 Å². The number of aromatic nitrogens is 4. The standard InChI is InChI=1S/C13H16N6O4S/c1-6-8(4-10(21)23-5-9(20)16-11(14)22)7(2)19-12(15-6)17-13(18-19)24-3/h4-5H2,1-3H3,(H3,14,16,20,22). The zero-order valence-corrected chi connectivity index (χ0v) is 14.1. The summed E-state index contributed by atoms with van der Waals surface area (Å²) in [5, 5.41) is 6.67. The lowest BCUT2D eigenvalue weighted by atomic mass is 10.1. The summed E-state index contributed by atoms with van der Waals surface area (Å²) < 4.78 is 6.38. The Morgan fingerprint density at radius 1 is 1.29 bits per heavy atom. The number of primary amides is 1. The van der Waals surface area contributed by atoms with E-state index in [-0.39, 0.29) is 6.42 Å². The molecule has 2 aromatic rings. The van der Waals surface area contributed by atoms with Crippen LogP contribution < -0.4 is 11.1 Å². The number of amides is 3. The van der Waals surface area contributed by atoms with Crippen molar-refractivity contribution in [2.24, 2.45) is 5.73 Å². The van der Waals surface area contributed by atoms with Crippen molar-refractivity contribution in [3.63, 3.8) is 0 Å². The molecule has 0 unspecified atom stereocenters. The molecule has 0 saturated carbocycles. The molecule has 0 saturated heterocycles. The fourth-order valence-corrected chi connectivity index (χ4v) is 2.38. The average Bonchev–Trinajstić information content (AvgIpc) is 2.92. The molecule has 0 aliphatic carbocycles. The average molecular weight is 352 g/mol. The molecule has 2 aromatic heterocycles. The van der Waals surface area contributed by atoms with Gasteiger partial charge in [0.15, 0.2) is 6.61 Å². The van der Waals surface area contributed by atoms with Crippen LogP contribution in [0.4, 0.5) is 4.79 Å². The highest BCUT2D eigenvalue weighted by atomic mass is 32.2. The van der Waals surface area contributed by atoms with E-state index < -0.39 is 24.5 Å². The molecule has 128 valence electrons. The van der Waals surface area contributed by atoms with Crippen molar-refractivity contribution in [1.29, 1.82) is 0 Å². The van der Waals surface area contributed by atoms with Crippen molar-refractivity contribution in [1.82, 2.24) is 24.9 Å². The third kappa shape index (κ3) is 3.98. The second kappa shape index (κ2) is 7.25. The number of fused-ring (bicyclic) bond motifs is 1. The van der Waals surface area contributed by atoms with Crippen molar-refractivity contribution in [2.75, 3.05) is 12.9 Å². The number of hydrogen-bond acceptors (Lipinski definition) is 8. The van der Waals surface area contributed by atoms with Crippen LogP contribution in [0.25, 0.3) is 5.78 Å². The molecule has 0 bridgehead atoms. The Hall–Kier alpha value is -2.69. The molecule has 0 aliphatic heterocycles. The van der Waals surface area contributed by atoms with Gasteiger partial charge in [0.2, 0.25) is 5.16 Å². The van der Waals surface area contributed by atoms with Gasteiger partial charge in [-0.05, 0) is 20.1 Å². The number of rotatable bonds is 5. The smallest absolute Gasteiger partial charge is 0.318 e. The Kier molecular flexibility index (Phi) is 5.34. The molecule has 3 amide bonds. The summed E-state index contributed by atoms with van der Waals surface area (Å²) in [5.41, 5.74) is 6.77. The van der Waals surface area contributed by atoms with Gasteiger partial charge < -0.3 is 10.5 Å². The van der Waals surface area contributed by atoms with Gasteiger partial charge in [-0.25, -0.2) is 14.3 Å². The van der Waals surface area contributed by atoms with Crippen molar-refractivity contribution < 1.29 is 19.1 Å². The monoisotopic (exact) mass is 352 g/mol. The predicted octanol–water partition coefficient (Wildman–Crippen LogP) is -0.256. The predicted molar refractivity (Wildman–Crippen MR) is 84.4 cm³/mol. The topological polar surface area (TPSA) is 142 Å². The van der Waals surface area contributed by atoms with Gasteiger partial charge in [0.1, 0.15) is 0 Å². The van der Waals surface area contributed by atoms with Gasteiger partial charge in [0, 0.05) is 17.0 Å². The molecule has 10 nitrogen and oxygen atoms in total. The van der Waals surface area contributed by atoms with Crippen molar-refractivity contribution in [2.45, 2.75) is 25.4 Å². The lowest BCUT2D eigenvalue weighted by Crippen LogP contribution is -2.37. The highest BCUT2D eigenvalue weighted by Gasteiger charge is 2.17. The molecule has 3 N–H and O–H groups in total. The van der Waals surface area contributed by atoms with Crippen molar-refractivity contribution >= 4 is 35.4 Å². The lowest BCUT2D eigenvalue weighted by Gasteiger charge is -2.10. The minimum Gasteiger partial charge on any atom is -0.455 e. The van der Waals surface area contributed by atoms with Crippen LogP contribution in [-0.2, 0) is 20.7 Å². The molecule has 2 heterocycles. The highest BCUT2D eigenvalue weighted by Crippen LogP contribution is 2.17. The minimum absolute atomic E-state index is 0.0844. The Labute approximate surface area is 141 Å². The van der Waals surface area contributed by atoms with Gasteiger partial charge >= 0.3 is 12.0 Å². The molecule has 0 fully saturated rings. The van der Waals surface area contributed by atoms with Crippen LogP contribution in [0.3, 0.4) is 0 Å². The first kappa shape index (κ1) is 17.7. The van der Waals surface area contributed by atoms with Crippen LogP contribution in [0, 0.1) is 13.8 Å². The molecule has 0 spiro atoms. The normalized spacial score (nSPS) is 10.6. The Balaban J connectivity index is 2.12. The quantitative estimate of drug-likeness (QED) is 0.554. The molecular formula is C13H16N6O4S. The van der Waals surface area contributed by atoms with Gasteiger partial charge in [-0.1, -0.05) is 11.8 Å². The van der Waals surface area contributed by atoms with E-state index in [2.05, 4.69) is 15.1 Å². The second-order valence-corrected chi connectivity index (χ2v) is 5.59. The summed E-state index contributed by atoms with van der Waals surface area (Å²) in [6.07, 6.45) is 1.77. The highest BCUT2D eigenvalue weighted by molar-refractivity contribution is 7.98. The number of nitrogens with one attached hydrogen (secondary N) is 1. The molecule has 0 radical (unpaired) electrons. The summed E-state index contributed by atoms with van der Waals surface area (Å²) >= 11 is 1.39. The number of nitrogens with zero attached hydrogens (tertiary/aromatic N) is 4. The molecule has 0 aromatic carbocycles. The van der Waals surface area contributed by atoms with E-state index in [1.165, 1.54) is 11.8 Å². The Bertz CT molecular complexity index is 818.